The number of aryl methyl sites for hydroxylation is 1. The third-order valence-electron chi connectivity index (χ3n) is 3.75. The van der Waals surface area contributed by atoms with E-state index >= 15 is 0 Å². The predicted octanol–water partition coefficient (Wildman–Crippen LogP) is 3.20. The summed E-state index contributed by atoms with van der Waals surface area (Å²) in [6.45, 7) is 4.11. The topological polar surface area (TPSA) is 50.1 Å². The molecule has 0 aliphatic carbocycles. The molecule has 2 N–H and O–H groups in total. The van der Waals surface area contributed by atoms with Gasteiger partial charge in [-0.1, -0.05) is 12.1 Å². The number of nitrogens with one attached hydrogen (secondary N) is 2. The Kier molecular flexibility index (Phi) is 4.02. The van der Waals surface area contributed by atoms with Crippen LogP contribution in [-0.4, -0.2) is 24.1 Å². The van der Waals surface area contributed by atoms with Crippen molar-refractivity contribution in [3.05, 3.63) is 36.4 Å². The first-order valence-corrected chi connectivity index (χ1v) is 7.31. The second-order valence-corrected chi connectivity index (χ2v) is 5.35. The summed E-state index contributed by atoms with van der Waals surface area (Å²) >= 11 is 0. The highest BCUT2D eigenvalue weighted by Gasteiger charge is 2.11. The van der Waals surface area contributed by atoms with E-state index in [1.165, 1.54) is 24.9 Å². The Balaban J connectivity index is 1.66. The second kappa shape index (κ2) is 6.09. The van der Waals surface area contributed by atoms with Gasteiger partial charge in [-0.2, -0.15) is 0 Å². The molecule has 1 atom stereocenters. The number of hydrogen-bond donors (Lipinski definition) is 2. The molecule has 1 unspecified atom stereocenters. The molecule has 20 heavy (non-hydrogen) atoms. The summed E-state index contributed by atoms with van der Waals surface area (Å²) in [5.41, 5.74) is 3.17. The minimum atomic E-state index is 0.574. The molecule has 1 aromatic heterocycles. The SMILES string of the molecule is Cc1nc(-c2ccc(NC3CCCNCC3)cc2)co1. The lowest BCUT2D eigenvalue weighted by molar-refractivity contribution is 0.521. The number of nitrogens with zero attached hydrogens (tertiary/aromatic N) is 1. The zero-order valence-electron chi connectivity index (χ0n) is 11.9. The fourth-order valence-electron chi connectivity index (χ4n) is 2.63. The van der Waals surface area contributed by atoms with Gasteiger partial charge in [0.25, 0.3) is 0 Å². The van der Waals surface area contributed by atoms with Crippen LogP contribution in [0.5, 0.6) is 0 Å². The molecule has 1 aliphatic heterocycles. The second-order valence-electron chi connectivity index (χ2n) is 5.35. The molecule has 0 bridgehead atoms. The van der Waals surface area contributed by atoms with Crippen LogP contribution in [0.4, 0.5) is 5.69 Å². The molecule has 0 spiro atoms. The fraction of sp³-hybridized carbons (Fsp3) is 0.438. The minimum absolute atomic E-state index is 0.574. The molecule has 2 heterocycles. The van der Waals surface area contributed by atoms with Gasteiger partial charge in [-0.25, -0.2) is 4.98 Å². The van der Waals surface area contributed by atoms with E-state index in [9.17, 15) is 0 Å². The van der Waals surface area contributed by atoms with Gasteiger partial charge in [-0.15, -0.1) is 0 Å². The average Bonchev–Trinajstić information content (AvgIpc) is 2.73. The van der Waals surface area contributed by atoms with Crippen molar-refractivity contribution in [1.82, 2.24) is 10.3 Å². The van der Waals surface area contributed by atoms with Crippen LogP contribution in [0.1, 0.15) is 25.2 Å². The Morgan fingerprint density at radius 2 is 2.05 bits per heavy atom. The molecule has 4 nitrogen and oxygen atoms in total. The third-order valence-corrected chi connectivity index (χ3v) is 3.75. The van der Waals surface area contributed by atoms with Crippen LogP contribution in [0.2, 0.25) is 0 Å². The molecule has 106 valence electrons. The summed E-state index contributed by atoms with van der Waals surface area (Å²) < 4.78 is 5.25. The molecule has 3 rings (SSSR count). The first-order valence-electron chi connectivity index (χ1n) is 7.31. The van der Waals surface area contributed by atoms with Crippen molar-refractivity contribution in [2.45, 2.75) is 32.2 Å². The van der Waals surface area contributed by atoms with E-state index in [0.717, 1.165) is 24.3 Å². The first-order chi connectivity index (χ1) is 9.81. The van der Waals surface area contributed by atoms with Crippen LogP contribution in [0.3, 0.4) is 0 Å². The van der Waals surface area contributed by atoms with Crippen LogP contribution < -0.4 is 10.6 Å². The number of benzene rings is 1. The molecule has 1 saturated heterocycles. The van der Waals surface area contributed by atoms with Crippen molar-refractivity contribution in [2.24, 2.45) is 0 Å². The fourth-order valence-corrected chi connectivity index (χ4v) is 2.63. The van der Waals surface area contributed by atoms with Crippen LogP contribution in [0, 0.1) is 6.92 Å². The molecular weight excluding hydrogens is 250 g/mol. The predicted molar refractivity (Wildman–Crippen MR) is 80.8 cm³/mol. The quantitative estimate of drug-likeness (QED) is 0.900. The number of rotatable bonds is 3. The van der Waals surface area contributed by atoms with E-state index in [1.807, 2.05) is 6.92 Å². The van der Waals surface area contributed by atoms with Gasteiger partial charge in [0, 0.05) is 24.2 Å². The van der Waals surface area contributed by atoms with Crippen LogP contribution in [0.15, 0.2) is 34.9 Å². The Morgan fingerprint density at radius 1 is 1.20 bits per heavy atom. The van der Waals surface area contributed by atoms with Crippen molar-refractivity contribution >= 4 is 5.69 Å². The highest BCUT2D eigenvalue weighted by atomic mass is 16.3. The third kappa shape index (κ3) is 3.20. The molecular formula is C16H21N3O. The van der Waals surface area contributed by atoms with Gasteiger partial charge in [-0.05, 0) is 44.5 Å². The summed E-state index contributed by atoms with van der Waals surface area (Å²) in [5.74, 6) is 0.702. The van der Waals surface area contributed by atoms with Gasteiger partial charge in [0.05, 0.1) is 0 Å². The first kappa shape index (κ1) is 13.2. The monoisotopic (exact) mass is 271 g/mol. The molecule has 1 fully saturated rings. The minimum Gasteiger partial charge on any atom is -0.449 e. The van der Waals surface area contributed by atoms with Crippen molar-refractivity contribution in [3.8, 4) is 11.3 Å². The van der Waals surface area contributed by atoms with Crippen molar-refractivity contribution in [3.63, 3.8) is 0 Å². The zero-order chi connectivity index (χ0) is 13.8. The number of anilines is 1. The van der Waals surface area contributed by atoms with E-state index in [1.54, 1.807) is 6.26 Å². The normalized spacial score (nSPS) is 19.6. The maximum absolute atomic E-state index is 5.25. The van der Waals surface area contributed by atoms with Gasteiger partial charge in [-0.3, -0.25) is 0 Å². The van der Waals surface area contributed by atoms with Crippen molar-refractivity contribution in [1.29, 1.82) is 0 Å². The highest BCUT2D eigenvalue weighted by Crippen LogP contribution is 2.22. The molecule has 1 aromatic carbocycles. The van der Waals surface area contributed by atoms with Gasteiger partial charge in [0.2, 0.25) is 0 Å². The van der Waals surface area contributed by atoms with E-state index in [4.69, 9.17) is 4.42 Å². The van der Waals surface area contributed by atoms with E-state index in [-0.39, 0.29) is 0 Å². The van der Waals surface area contributed by atoms with E-state index < -0.39 is 0 Å². The lowest BCUT2D eigenvalue weighted by Gasteiger charge is -2.17. The summed E-state index contributed by atoms with van der Waals surface area (Å²) in [5, 5.41) is 7.06. The van der Waals surface area contributed by atoms with Crippen LogP contribution in [0.25, 0.3) is 11.3 Å². The van der Waals surface area contributed by atoms with Gasteiger partial charge in [0.15, 0.2) is 5.89 Å². The molecule has 4 heteroatoms. The maximum atomic E-state index is 5.25. The Morgan fingerprint density at radius 3 is 2.80 bits per heavy atom. The van der Waals surface area contributed by atoms with Crippen LogP contribution >= 0.6 is 0 Å². The standard InChI is InChI=1S/C16H21N3O/c1-12-18-16(11-20-12)13-4-6-15(7-5-13)19-14-3-2-9-17-10-8-14/h4-7,11,14,17,19H,2-3,8-10H2,1H3. The lowest BCUT2D eigenvalue weighted by Crippen LogP contribution is -2.21. The molecule has 1 aliphatic rings. The Labute approximate surface area is 119 Å². The molecule has 0 amide bonds. The summed E-state index contributed by atoms with van der Waals surface area (Å²) in [4.78, 5) is 4.34. The van der Waals surface area contributed by atoms with Gasteiger partial charge >= 0.3 is 0 Å². The number of hydrogen-bond acceptors (Lipinski definition) is 4. The molecule has 0 saturated carbocycles. The summed E-state index contributed by atoms with van der Waals surface area (Å²) in [7, 11) is 0. The summed E-state index contributed by atoms with van der Waals surface area (Å²) in [6, 6.07) is 9.00. The smallest absolute Gasteiger partial charge is 0.191 e. The van der Waals surface area contributed by atoms with Crippen LogP contribution in [-0.2, 0) is 0 Å². The zero-order valence-corrected chi connectivity index (χ0v) is 11.9. The molecule has 2 aromatic rings. The number of aromatic nitrogens is 1. The van der Waals surface area contributed by atoms with Crippen molar-refractivity contribution < 1.29 is 4.42 Å². The van der Waals surface area contributed by atoms with Gasteiger partial charge in [0.1, 0.15) is 12.0 Å². The largest absolute Gasteiger partial charge is 0.449 e. The van der Waals surface area contributed by atoms with E-state index in [2.05, 4.69) is 39.9 Å². The Bertz CT molecular complexity index is 539. The maximum Gasteiger partial charge on any atom is 0.191 e. The average molecular weight is 271 g/mol. The van der Waals surface area contributed by atoms with E-state index in [0.29, 0.717) is 11.9 Å². The van der Waals surface area contributed by atoms with Gasteiger partial charge < -0.3 is 15.1 Å². The lowest BCUT2D eigenvalue weighted by atomic mass is 10.1. The summed E-state index contributed by atoms with van der Waals surface area (Å²) in [6.07, 6.45) is 5.37. The molecule has 0 radical (unpaired) electrons. The Hall–Kier alpha value is -1.81. The highest BCUT2D eigenvalue weighted by molar-refractivity contribution is 5.61. The number of oxazole rings is 1. The van der Waals surface area contributed by atoms with Crippen molar-refractivity contribution in [2.75, 3.05) is 18.4 Å².